The minimum atomic E-state index is -1.25. The van der Waals surface area contributed by atoms with E-state index in [0.29, 0.717) is 5.02 Å². The van der Waals surface area contributed by atoms with Gasteiger partial charge in [-0.2, -0.15) is 0 Å². The summed E-state index contributed by atoms with van der Waals surface area (Å²) < 4.78 is 14.6. The Bertz CT molecular complexity index is 697. The fourth-order valence-corrected chi connectivity index (χ4v) is 1.90. The van der Waals surface area contributed by atoms with E-state index in [2.05, 4.69) is 0 Å². The number of halogens is 2. The van der Waals surface area contributed by atoms with Crippen LogP contribution in [0.15, 0.2) is 41.2 Å². The summed E-state index contributed by atoms with van der Waals surface area (Å²) >= 11 is 5.75. The lowest BCUT2D eigenvalue weighted by atomic mass is 10.2. The molecule has 1 N–H and O–H groups in total. The van der Waals surface area contributed by atoms with Gasteiger partial charge in [0.15, 0.2) is 0 Å². The molecule has 0 unspecified atom stereocenters. The van der Waals surface area contributed by atoms with E-state index >= 15 is 0 Å². The second-order valence-corrected chi connectivity index (χ2v) is 4.31. The van der Waals surface area contributed by atoms with Crippen LogP contribution in [-0.2, 0) is 6.54 Å². The van der Waals surface area contributed by atoms with Crippen LogP contribution in [0.25, 0.3) is 0 Å². The average molecular weight is 282 g/mol. The number of pyridine rings is 1. The molecular weight excluding hydrogens is 273 g/mol. The van der Waals surface area contributed by atoms with Crippen molar-refractivity contribution in [3.05, 3.63) is 68.8 Å². The molecule has 1 heterocycles. The molecule has 4 nitrogen and oxygen atoms in total. The molecule has 0 saturated carbocycles. The smallest absolute Gasteiger partial charge is 0.352 e. The fourth-order valence-electron chi connectivity index (χ4n) is 1.70. The van der Waals surface area contributed by atoms with Crippen molar-refractivity contribution in [1.29, 1.82) is 0 Å². The molecule has 0 fully saturated rings. The van der Waals surface area contributed by atoms with Gasteiger partial charge in [0, 0.05) is 16.7 Å². The van der Waals surface area contributed by atoms with E-state index in [1.807, 2.05) is 0 Å². The molecule has 1 aromatic heterocycles. The number of aromatic carboxylic acids is 1. The van der Waals surface area contributed by atoms with E-state index < -0.39 is 17.3 Å². The summed E-state index contributed by atoms with van der Waals surface area (Å²) in [6, 6.07) is 7.76. The van der Waals surface area contributed by atoms with E-state index in [-0.39, 0.29) is 17.8 Å². The number of carboxylic acids is 1. The first-order chi connectivity index (χ1) is 8.99. The van der Waals surface area contributed by atoms with Gasteiger partial charge >= 0.3 is 5.97 Å². The maximum absolute atomic E-state index is 13.6. The van der Waals surface area contributed by atoms with Crippen molar-refractivity contribution in [2.45, 2.75) is 6.54 Å². The van der Waals surface area contributed by atoms with Gasteiger partial charge in [-0.3, -0.25) is 9.36 Å². The van der Waals surface area contributed by atoms with Crippen LogP contribution in [0.3, 0.4) is 0 Å². The quantitative estimate of drug-likeness (QED) is 0.940. The maximum atomic E-state index is 13.6. The Hall–Kier alpha value is -2.14. The third-order valence-corrected chi connectivity index (χ3v) is 2.84. The third kappa shape index (κ3) is 2.82. The number of carbonyl (C=O) groups is 1. The highest BCUT2D eigenvalue weighted by atomic mass is 35.5. The summed E-state index contributed by atoms with van der Waals surface area (Å²) in [5.74, 6) is -1.79. The lowest BCUT2D eigenvalue weighted by molar-refractivity contribution is 0.0684. The summed E-state index contributed by atoms with van der Waals surface area (Å²) in [5.41, 5.74) is -0.561. The van der Waals surface area contributed by atoms with Crippen molar-refractivity contribution < 1.29 is 14.3 Å². The van der Waals surface area contributed by atoms with Gasteiger partial charge in [0.25, 0.3) is 5.56 Å². The van der Waals surface area contributed by atoms with E-state index in [1.54, 1.807) is 0 Å². The van der Waals surface area contributed by atoms with Crippen molar-refractivity contribution in [2.24, 2.45) is 0 Å². The molecule has 2 aromatic rings. The van der Waals surface area contributed by atoms with Gasteiger partial charge in [-0.15, -0.1) is 0 Å². The van der Waals surface area contributed by atoms with Gasteiger partial charge in [0.1, 0.15) is 11.5 Å². The first kappa shape index (κ1) is 13.3. The summed E-state index contributed by atoms with van der Waals surface area (Å²) in [5, 5.41) is 9.33. The van der Waals surface area contributed by atoms with Crippen molar-refractivity contribution in [3.63, 3.8) is 0 Å². The molecule has 0 aliphatic carbocycles. The first-order valence-corrected chi connectivity index (χ1v) is 5.74. The molecule has 0 atom stereocenters. The van der Waals surface area contributed by atoms with E-state index in [9.17, 15) is 14.0 Å². The summed E-state index contributed by atoms with van der Waals surface area (Å²) in [4.78, 5) is 22.7. The molecular formula is C13H9ClFNO3. The Labute approximate surface area is 112 Å². The van der Waals surface area contributed by atoms with Crippen LogP contribution >= 0.6 is 11.6 Å². The van der Waals surface area contributed by atoms with E-state index in [1.165, 1.54) is 36.4 Å². The topological polar surface area (TPSA) is 59.3 Å². The number of carboxylic acid groups (broad SMARTS) is 1. The number of rotatable bonds is 3. The Morgan fingerprint density at radius 2 is 2.05 bits per heavy atom. The normalized spacial score (nSPS) is 10.4. The van der Waals surface area contributed by atoms with Crippen LogP contribution in [0, 0.1) is 5.82 Å². The molecule has 0 aliphatic rings. The standard InChI is InChI=1S/C13H9ClFNO3/c14-9-4-5-10(15)8(6-9)7-16-11(13(18)19)2-1-3-12(16)17/h1-6H,7H2,(H,18,19). The molecule has 0 spiro atoms. The fraction of sp³-hybridized carbons (Fsp3) is 0.0769. The monoisotopic (exact) mass is 281 g/mol. The molecule has 0 bridgehead atoms. The van der Waals surface area contributed by atoms with Gasteiger partial charge in [-0.25, -0.2) is 9.18 Å². The summed E-state index contributed by atoms with van der Waals surface area (Å²) in [7, 11) is 0. The number of hydrogen-bond acceptors (Lipinski definition) is 2. The second kappa shape index (κ2) is 5.24. The van der Waals surface area contributed by atoms with E-state index in [4.69, 9.17) is 16.7 Å². The Morgan fingerprint density at radius 1 is 1.32 bits per heavy atom. The lowest BCUT2D eigenvalue weighted by Crippen LogP contribution is -2.25. The van der Waals surface area contributed by atoms with Crippen LogP contribution < -0.4 is 5.56 Å². The predicted octanol–water partition coefficient (Wildman–Crippen LogP) is 2.39. The zero-order valence-electron chi connectivity index (χ0n) is 9.64. The number of aromatic nitrogens is 1. The van der Waals surface area contributed by atoms with Crippen molar-refractivity contribution in [1.82, 2.24) is 4.57 Å². The van der Waals surface area contributed by atoms with Gasteiger partial charge < -0.3 is 5.11 Å². The first-order valence-electron chi connectivity index (χ1n) is 5.36. The Morgan fingerprint density at radius 3 is 2.74 bits per heavy atom. The molecule has 0 amide bonds. The number of hydrogen-bond donors (Lipinski definition) is 1. The van der Waals surface area contributed by atoms with Crippen molar-refractivity contribution >= 4 is 17.6 Å². The molecule has 0 radical (unpaired) electrons. The maximum Gasteiger partial charge on any atom is 0.352 e. The Kier molecular flexibility index (Phi) is 3.66. The molecule has 2 rings (SSSR count). The number of benzene rings is 1. The molecule has 0 aliphatic heterocycles. The minimum absolute atomic E-state index is 0.156. The van der Waals surface area contributed by atoms with E-state index in [0.717, 1.165) is 4.57 Å². The average Bonchev–Trinajstić information content (AvgIpc) is 2.35. The highest BCUT2D eigenvalue weighted by molar-refractivity contribution is 6.30. The highest BCUT2D eigenvalue weighted by Gasteiger charge is 2.12. The zero-order valence-corrected chi connectivity index (χ0v) is 10.4. The summed E-state index contributed by atoms with van der Waals surface area (Å²) in [6.45, 7) is -0.187. The SMILES string of the molecule is O=C(O)c1cccc(=O)n1Cc1cc(Cl)ccc1F. The molecule has 0 saturated heterocycles. The highest BCUT2D eigenvalue weighted by Crippen LogP contribution is 2.16. The van der Waals surface area contributed by atoms with Crippen LogP contribution in [0.5, 0.6) is 0 Å². The predicted molar refractivity (Wildman–Crippen MR) is 68.2 cm³/mol. The summed E-state index contributed by atoms with van der Waals surface area (Å²) in [6.07, 6.45) is 0. The van der Waals surface area contributed by atoms with Gasteiger partial charge in [0.2, 0.25) is 0 Å². The van der Waals surface area contributed by atoms with Crippen LogP contribution in [-0.4, -0.2) is 15.6 Å². The third-order valence-electron chi connectivity index (χ3n) is 2.61. The van der Waals surface area contributed by atoms with Crippen molar-refractivity contribution in [3.8, 4) is 0 Å². The van der Waals surface area contributed by atoms with Crippen LogP contribution in [0.4, 0.5) is 4.39 Å². The van der Waals surface area contributed by atoms with Crippen LogP contribution in [0.2, 0.25) is 5.02 Å². The number of nitrogens with zero attached hydrogens (tertiary/aromatic N) is 1. The van der Waals surface area contributed by atoms with Crippen molar-refractivity contribution in [2.75, 3.05) is 0 Å². The van der Waals surface area contributed by atoms with Gasteiger partial charge in [-0.05, 0) is 24.3 Å². The minimum Gasteiger partial charge on any atom is -0.477 e. The molecule has 1 aromatic carbocycles. The van der Waals surface area contributed by atoms with Gasteiger partial charge in [-0.1, -0.05) is 17.7 Å². The second-order valence-electron chi connectivity index (χ2n) is 3.88. The largest absolute Gasteiger partial charge is 0.477 e. The zero-order chi connectivity index (χ0) is 14.0. The van der Waals surface area contributed by atoms with Crippen LogP contribution in [0.1, 0.15) is 16.1 Å². The Balaban J connectivity index is 2.52. The molecule has 6 heteroatoms. The lowest BCUT2D eigenvalue weighted by Gasteiger charge is -2.10. The molecule has 98 valence electrons. The van der Waals surface area contributed by atoms with Gasteiger partial charge in [0.05, 0.1) is 6.54 Å². The molecule has 19 heavy (non-hydrogen) atoms.